The first-order chi connectivity index (χ1) is 10.1. The van der Waals surface area contributed by atoms with Crippen LogP contribution in [0.2, 0.25) is 0 Å². The lowest BCUT2D eigenvalue weighted by atomic mass is 9.91. The average Bonchev–Trinajstić information content (AvgIpc) is 2.49. The summed E-state index contributed by atoms with van der Waals surface area (Å²) in [7, 11) is 1.63. The second-order valence-electron chi connectivity index (χ2n) is 5.55. The maximum atomic E-state index is 10.4. The number of benzene rings is 2. The van der Waals surface area contributed by atoms with Crippen LogP contribution in [0.5, 0.6) is 11.5 Å². The quantitative estimate of drug-likeness (QED) is 0.910. The monoisotopic (exact) mass is 284 g/mol. The van der Waals surface area contributed by atoms with Gasteiger partial charge < -0.3 is 14.6 Å². The first-order valence-electron chi connectivity index (χ1n) is 7.19. The van der Waals surface area contributed by atoms with E-state index in [1.54, 1.807) is 7.11 Å². The Kier molecular flexibility index (Phi) is 3.60. The van der Waals surface area contributed by atoms with Crippen LogP contribution >= 0.6 is 0 Å². The summed E-state index contributed by atoms with van der Waals surface area (Å²) in [6.45, 7) is 4.19. The third-order valence-corrected chi connectivity index (χ3v) is 4.28. The number of aryl methyl sites for hydroxylation is 1. The van der Waals surface area contributed by atoms with Gasteiger partial charge in [0.1, 0.15) is 17.6 Å². The summed E-state index contributed by atoms with van der Waals surface area (Å²) in [6, 6.07) is 11.8. The molecule has 0 saturated heterocycles. The van der Waals surface area contributed by atoms with Crippen molar-refractivity contribution in [3.05, 3.63) is 58.7 Å². The minimum Gasteiger partial charge on any atom is -0.497 e. The van der Waals surface area contributed by atoms with Crippen molar-refractivity contribution in [2.75, 3.05) is 7.11 Å². The lowest BCUT2D eigenvalue weighted by Gasteiger charge is -2.31. The Bertz CT molecular complexity index is 664. The van der Waals surface area contributed by atoms with Crippen molar-refractivity contribution in [2.45, 2.75) is 32.5 Å². The molecular weight excluding hydrogens is 264 g/mol. The van der Waals surface area contributed by atoms with Gasteiger partial charge in [0.15, 0.2) is 0 Å². The van der Waals surface area contributed by atoms with E-state index < -0.39 is 6.10 Å². The van der Waals surface area contributed by atoms with Crippen LogP contribution in [0, 0.1) is 13.8 Å². The van der Waals surface area contributed by atoms with Crippen LogP contribution in [0.25, 0.3) is 0 Å². The number of aliphatic hydroxyl groups is 1. The number of hydrogen-bond donors (Lipinski definition) is 1. The van der Waals surface area contributed by atoms with Crippen LogP contribution in [-0.4, -0.2) is 12.2 Å². The second-order valence-corrected chi connectivity index (χ2v) is 5.55. The highest BCUT2D eigenvalue weighted by molar-refractivity contribution is 5.45. The fraction of sp³-hybridized carbons (Fsp3) is 0.333. The van der Waals surface area contributed by atoms with Crippen molar-refractivity contribution >= 4 is 0 Å². The topological polar surface area (TPSA) is 38.7 Å². The van der Waals surface area contributed by atoms with Gasteiger partial charge in [-0.05, 0) is 42.7 Å². The standard InChI is InChI=1S/C18H20O3/c1-11-5-4-6-14(12(11)2)18-10-16(19)15-8-7-13(20-3)9-17(15)21-18/h4-9,16,18-19H,10H2,1-3H3/t16-,18?/m0/s1. The smallest absolute Gasteiger partial charge is 0.129 e. The maximum absolute atomic E-state index is 10.4. The van der Waals surface area contributed by atoms with E-state index in [1.807, 2.05) is 24.3 Å². The molecule has 3 rings (SSSR count). The van der Waals surface area contributed by atoms with Gasteiger partial charge in [0.2, 0.25) is 0 Å². The first kappa shape index (κ1) is 14.0. The Morgan fingerprint density at radius 3 is 2.71 bits per heavy atom. The molecule has 0 radical (unpaired) electrons. The van der Waals surface area contributed by atoms with E-state index in [9.17, 15) is 5.11 Å². The molecule has 21 heavy (non-hydrogen) atoms. The van der Waals surface area contributed by atoms with Gasteiger partial charge in [0, 0.05) is 18.1 Å². The molecule has 1 N–H and O–H groups in total. The van der Waals surface area contributed by atoms with Crippen molar-refractivity contribution in [1.82, 2.24) is 0 Å². The molecule has 1 heterocycles. The van der Waals surface area contributed by atoms with Gasteiger partial charge in [-0.15, -0.1) is 0 Å². The lowest BCUT2D eigenvalue weighted by molar-refractivity contribution is 0.0652. The van der Waals surface area contributed by atoms with Gasteiger partial charge in [-0.25, -0.2) is 0 Å². The Morgan fingerprint density at radius 1 is 1.14 bits per heavy atom. The van der Waals surface area contributed by atoms with E-state index in [1.165, 1.54) is 11.1 Å². The SMILES string of the molecule is COc1ccc2c(c1)OC(c1cccc(C)c1C)C[C@@H]2O. The molecular formula is C18H20O3. The molecule has 0 saturated carbocycles. The Balaban J connectivity index is 1.99. The van der Waals surface area contributed by atoms with Crippen LogP contribution in [0.3, 0.4) is 0 Å². The zero-order valence-electron chi connectivity index (χ0n) is 12.6. The molecule has 0 aliphatic carbocycles. The highest BCUT2D eigenvalue weighted by Gasteiger charge is 2.29. The fourth-order valence-corrected chi connectivity index (χ4v) is 2.86. The average molecular weight is 284 g/mol. The van der Waals surface area contributed by atoms with E-state index in [0.29, 0.717) is 12.2 Å². The molecule has 0 aromatic heterocycles. The summed E-state index contributed by atoms with van der Waals surface area (Å²) < 4.78 is 11.4. The first-order valence-corrected chi connectivity index (χ1v) is 7.19. The van der Waals surface area contributed by atoms with Crippen LogP contribution < -0.4 is 9.47 Å². The third-order valence-electron chi connectivity index (χ3n) is 4.28. The van der Waals surface area contributed by atoms with Crippen LogP contribution in [-0.2, 0) is 0 Å². The molecule has 3 heteroatoms. The largest absolute Gasteiger partial charge is 0.497 e. The Hall–Kier alpha value is -2.00. The number of ether oxygens (including phenoxy) is 2. The molecule has 1 aliphatic rings. The molecule has 1 unspecified atom stereocenters. The Labute approximate surface area is 125 Å². The van der Waals surface area contributed by atoms with Crippen molar-refractivity contribution < 1.29 is 14.6 Å². The lowest BCUT2D eigenvalue weighted by Crippen LogP contribution is -2.20. The predicted octanol–water partition coefficient (Wildman–Crippen LogP) is 3.87. The number of methoxy groups -OCH3 is 1. The summed E-state index contributed by atoms with van der Waals surface area (Å²) in [5.41, 5.74) is 4.43. The van der Waals surface area contributed by atoms with E-state index in [4.69, 9.17) is 9.47 Å². The summed E-state index contributed by atoms with van der Waals surface area (Å²) in [5.74, 6) is 1.45. The summed E-state index contributed by atoms with van der Waals surface area (Å²) in [4.78, 5) is 0. The zero-order chi connectivity index (χ0) is 15.0. The number of fused-ring (bicyclic) bond motifs is 1. The number of hydrogen-bond acceptors (Lipinski definition) is 3. The van der Waals surface area contributed by atoms with Crippen molar-refractivity contribution in [3.63, 3.8) is 0 Å². The van der Waals surface area contributed by atoms with Crippen LogP contribution in [0.1, 0.15) is 40.9 Å². The zero-order valence-corrected chi connectivity index (χ0v) is 12.6. The van der Waals surface area contributed by atoms with E-state index >= 15 is 0 Å². The highest BCUT2D eigenvalue weighted by Crippen LogP contribution is 2.43. The molecule has 2 aromatic carbocycles. The summed E-state index contributed by atoms with van der Waals surface area (Å²) in [6.07, 6.45) is -0.0621. The highest BCUT2D eigenvalue weighted by atomic mass is 16.5. The molecule has 0 fully saturated rings. The molecule has 2 aromatic rings. The normalized spacial score (nSPS) is 20.6. The van der Waals surface area contributed by atoms with E-state index in [0.717, 1.165) is 16.9 Å². The third kappa shape index (κ3) is 2.49. The Morgan fingerprint density at radius 2 is 1.95 bits per heavy atom. The van der Waals surface area contributed by atoms with E-state index in [2.05, 4.69) is 26.0 Å². The summed E-state index contributed by atoms with van der Waals surface area (Å²) >= 11 is 0. The molecule has 2 atom stereocenters. The van der Waals surface area contributed by atoms with Gasteiger partial charge in [0.05, 0.1) is 13.2 Å². The second kappa shape index (κ2) is 5.41. The van der Waals surface area contributed by atoms with Gasteiger partial charge >= 0.3 is 0 Å². The molecule has 0 bridgehead atoms. The molecule has 0 spiro atoms. The van der Waals surface area contributed by atoms with Gasteiger partial charge in [-0.1, -0.05) is 18.2 Å². The maximum Gasteiger partial charge on any atom is 0.129 e. The molecule has 1 aliphatic heterocycles. The van der Waals surface area contributed by atoms with Gasteiger partial charge in [-0.2, -0.15) is 0 Å². The van der Waals surface area contributed by atoms with Crippen LogP contribution in [0.4, 0.5) is 0 Å². The van der Waals surface area contributed by atoms with Crippen molar-refractivity contribution in [2.24, 2.45) is 0 Å². The number of rotatable bonds is 2. The fourth-order valence-electron chi connectivity index (χ4n) is 2.86. The molecule has 0 amide bonds. The van der Waals surface area contributed by atoms with Crippen molar-refractivity contribution in [1.29, 1.82) is 0 Å². The van der Waals surface area contributed by atoms with Gasteiger partial charge in [-0.3, -0.25) is 0 Å². The van der Waals surface area contributed by atoms with Crippen molar-refractivity contribution in [3.8, 4) is 11.5 Å². The minimum absolute atomic E-state index is 0.125. The minimum atomic E-state index is -0.510. The van der Waals surface area contributed by atoms with Crippen LogP contribution in [0.15, 0.2) is 36.4 Å². The van der Waals surface area contributed by atoms with Gasteiger partial charge in [0.25, 0.3) is 0 Å². The van der Waals surface area contributed by atoms with E-state index in [-0.39, 0.29) is 6.10 Å². The molecule has 110 valence electrons. The summed E-state index contributed by atoms with van der Waals surface area (Å²) in [5, 5.41) is 10.4. The number of aliphatic hydroxyl groups excluding tert-OH is 1. The molecule has 3 nitrogen and oxygen atoms in total. The predicted molar refractivity (Wildman–Crippen MR) is 81.9 cm³/mol.